The van der Waals surface area contributed by atoms with Crippen LogP contribution >= 0.6 is 22.7 Å². The number of nitrogens with two attached hydrogens (primary N) is 1. The molecule has 3 aromatic heterocycles. The van der Waals surface area contributed by atoms with E-state index in [4.69, 9.17) is 10.5 Å². The minimum atomic E-state index is -0.377. The second kappa shape index (κ2) is 8.00. The van der Waals surface area contributed by atoms with Gasteiger partial charge in [0, 0.05) is 16.0 Å². The minimum absolute atomic E-state index is 0.292. The Bertz CT molecular complexity index is 1160. The summed E-state index contributed by atoms with van der Waals surface area (Å²) in [7, 11) is 0. The fourth-order valence-electron chi connectivity index (χ4n) is 4.06. The lowest BCUT2D eigenvalue weighted by molar-refractivity contribution is 0.0526. The molecular formula is C22H25N3O3S2. The number of pyridine rings is 1. The van der Waals surface area contributed by atoms with Crippen LogP contribution in [0.5, 0.6) is 0 Å². The highest BCUT2D eigenvalue weighted by molar-refractivity contribution is 7.21. The Labute approximate surface area is 183 Å². The van der Waals surface area contributed by atoms with Gasteiger partial charge in [-0.1, -0.05) is 6.92 Å². The summed E-state index contributed by atoms with van der Waals surface area (Å²) in [5.74, 6) is -0.132. The lowest BCUT2D eigenvalue weighted by Crippen LogP contribution is -2.16. The molecule has 1 amide bonds. The van der Waals surface area contributed by atoms with Crippen LogP contribution in [0.3, 0.4) is 0 Å². The minimum Gasteiger partial charge on any atom is -0.462 e. The Balaban J connectivity index is 1.73. The van der Waals surface area contributed by atoms with E-state index in [-0.39, 0.29) is 11.9 Å². The van der Waals surface area contributed by atoms with Crippen LogP contribution in [0.15, 0.2) is 6.07 Å². The van der Waals surface area contributed by atoms with E-state index in [1.165, 1.54) is 22.7 Å². The standard InChI is InChI=1S/C22H25N3O3S2/c1-5-28-22(27)16-13-7-6-10(2)8-14(13)29-21(16)25-19(26)18-17(23)15-11(3)9-12(4)24-20(15)30-18/h9-10H,5-8,23H2,1-4H3,(H,25,26)/t10-/m1/s1. The molecule has 0 saturated carbocycles. The van der Waals surface area contributed by atoms with Gasteiger partial charge in [-0.05, 0) is 63.1 Å². The van der Waals surface area contributed by atoms with E-state index in [0.29, 0.717) is 33.7 Å². The number of fused-ring (bicyclic) bond motifs is 2. The summed E-state index contributed by atoms with van der Waals surface area (Å²) >= 11 is 2.76. The quantitative estimate of drug-likeness (QED) is 0.547. The van der Waals surface area contributed by atoms with Crippen molar-refractivity contribution in [1.29, 1.82) is 0 Å². The largest absolute Gasteiger partial charge is 0.462 e. The number of amides is 1. The molecule has 0 aliphatic heterocycles. The van der Waals surface area contributed by atoms with Crippen LogP contribution in [0.4, 0.5) is 10.7 Å². The number of hydrogen-bond donors (Lipinski definition) is 2. The Morgan fingerprint density at radius 1 is 1.33 bits per heavy atom. The van der Waals surface area contributed by atoms with Crippen molar-refractivity contribution in [2.75, 3.05) is 17.7 Å². The predicted molar refractivity (Wildman–Crippen MR) is 123 cm³/mol. The van der Waals surface area contributed by atoms with Crippen LogP contribution in [0.25, 0.3) is 10.2 Å². The van der Waals surface area contributed by atoms with E-state index >= 15 is 0 Å². The van der Waals surface area contributed by atoms with Gasteiger partial charge >= 0.3 is 5.97 Å². The second-order valence-corrected chi connectivity index (χ2v) is 9.94. The molecule has 3 N–H and O–H groups in total. The molecule has 0 fully saturated rings. The maximum atomic E-state index is 13.2. The topological polar surface area (TPSA) is 94.3 Å². The molecule has 4 rings (SSSR count). The lowest BCUT2D eigenvalue weighted by Gasteiger charge is -2.18. The van der Waals surface area contributed by atoms with Gasteiger partial charge in [-0.25, -0.2) is 9.78 Å². The van der Waals surface area contributed by atoms with E-state index in [1.807, 2.05) is 19.9 Å². The van der Waals surface area contributed by atoms with Crippen molar-refractivity contribution < 1.29 is 14.3 Å². The number of nitrogens with zero attached hydrogens (tertiary/aromatic N) is 1. The summed E-state index contributed by atoms with van der Waals surface area (Å²) < 4.78 is 5.29. The summed E-state index contributed by atoms with van der Waals surface area (Å²) in [4.78, 5) is 32.7. The molecule has 0 bridgehead atoms. The van der Waals surface area contributed by atoms with Gasteiger partial charge in [0.25, 0.3) is 5.91 Å². The molecule has 0 aromatic carbocycles. The molecule has 3 heterocycles. The molecule has 0 saturated heterocycles. The van der Waals surface area contributed by atoms with Crippen LogP contribution in [0, 0.1) is 19.8 Å². The molecule has 1 aliphatic carbocycles. The third-order valence-electron chi connectivity index (χ3n) is 5.45. The summed E-state index contributed by atoms with van der Waals surface area (Å²) in [6, 6.07) is 1.96. The Morgan fingerprint density at radius 3 is 2.83 bits per heavy atom. The zero-order valence-corrected chi connectivity index (χ0v) is 19.2. The van der Waals surface area contributed by atoms with Gasteiger partial charge in [0.1, 0.15) is 14.7 Å². The zero-order chi connectivity index (χ0) is 21.6. The average Bonchev–Trinajstić information content (AvgIpc) is 3.18. The zero-order valence-electron chi connectivity index (χ0n) is 17.5. The lowest BCUT2D eigenvalue weighted by atomic mass is 9.88. The average molecular weight is 444 g/mol. The third-order valence-corrected chi connectivity index (χ3v) is 7.72. The number of rotatable bonds is 4. The molecule has 6 nitrogen and oxygen atoms in total. The van der Waals surface area contributed by atoms with Crippen LogP contribution in [0.1, 0.15) is 62.0 Å². The van der Waals surface area contributed by atoms with Gasteiger partial charge in [0.15, 0.2) is 0 Å². The van der Waals surface area contributed by atoms with Crippen molar-refractivity contribution in [2.45, 2.75) is 47.0 Å². The van der Waals surface area contributed by atoms with Crippen molar-refractivity contribution in [3.63, 3.8) is 0 Å². The first-order chi connectivity index (χ1) is 14.3. The van der Waals surface area contributed by atoms with Crippen LogP contribution in [0.2, 0.25) is 0 Å². The summed E-state index contributed by atoms with van der Waals surface area (Å²) in [5, 5.41) is 4.33. The van der Waals surface area contributed by atoms with Gasteiger partial charge in [-0.15, -0.1) is 22.7 Å². The summed E-state index contributed by atoms with van der Waals surface area (Å²) in [6.45, 7) is 8.17. The molecule has 0 unspecified atom stereocenters. The van der Waals surface area contributed by atoms with Gasteiger partial charge in [0.05, 0.1) is 17.9 Å². The van der Waals surface area contributed by atoms with Gasteiger partial charge in [-0.2, -0.15) is 0 Å². The maximum Gasteiger partial charge on any atom is 0.341 e. The molecule has 1 atom stereocenters. The Hall–Kier alpha value is -2.45. The Kier molecular flexibility index (Phi) is 5.55. The fourth-order valence-corrected chi connectivity index (χ4v) is 6.56. The van der Waals surface area contributed by atoms with Gasteiger partial charge in [0.2, 0.25) is 0 Å². The number of thiophene rings is 2. The summed E-state index contributed by atoms with van der Waals surface area (Å²) in [6.07, 6.45) is 2.76. The SMILES string of the molecule is CCOC(=O)c1c(NC(=O)c2sc3nc(C)cc(C)c3c2N)sc2c1CC[C@@H](C)C2. The molecule has 1 aliphatic rings. The van der Waals surface area contributed by atoms with Gasteiger partial charge in [-0.3, -0.25) is 4.79 Å². The first-order valence-electron chi connectivity index (χ1n) is 10.1. The van der Waals surface area contributed by atoms with Crippen LogP contribution in [-0.4, -0.2) is 23.5 Å². The molecule has 0 spiro atoms. The highest BCUT2D eigenvalue weighted by Gasteiger charge is 2.30. The third kappa shape index (κ3) is 3.58. The highest BCUT2D eigenvalue weighted by Crippen LogP contribution is 2.41. The number of ether oxygens (including phenoxy) is 1. The van der Waals surface area contributed by atoms with E-state index < -0.39 is 0 Å². The van der Waals surface area contributed by atoms with Crippen molar-refractivity contribution >= 4 is 55.5 Å². The molecule has 30 heavy (non-hydrogen) atoms. The molecule has 0 radical (unpaired) electrons. The fraction of sp³-hybridized carbons (Fsp3) is 0.409. The number of esters is 1. The number of carbonyl (C=O) groups is 2. The van der Waals surface area contributed by atoms with Crippen LogP contribution < -0.4 is 11.1 Å². The van der Waals surface area contributed by atoms with E-state index in [2.05, 4.69) is 17.2 Å². The van der Waals surface area contributed by atoms with Crippen molar-refractivity contribution in [2.24, 2.45) is 5.92 Å². The number of aryl methyl sites for hydroxylation is 2. The number of nitrogens with one attached hydrogen (secondary N) is 1. The number of aromatic nitrogens is 1. The van der Waals surface area contributed by atoms with Crippen LogP contribution in [-0.2, 0) is 17.6 Å². The monoisotopic (exact) mass is 443 g/mol. The van der Waals surface area contributed by atoms with Crippen molar-refractivity contribution in [3.05, 3.63) is 38.2 Å². The molecule has 3 aromatic rings. The van der Waals surface area contributed by atoms with E-state index in [0.717, 1.165) is 51.2 Å². The van der Waals surface area contributed by atoms with Crippen molar-refractivity contribution in [3.8, 4) is 0 Å². The smallest absolute Gasteiger partial charge is 0.341 e. The number of carbonyl (C=O) groups excluding carboxylic acids is 2. The maximum absolute atomic E-state index is 13.2. The first-order valence-corrected chi connectivity index (χ1v) is 11.7. The van der Waals surface area contributed by atoms with Crippen molar-refractivity contribution in [1.82, 2.24) is 4.98 Å². The molecule has 8 heteroatoms. The number of anilines is 2. The molecular weight excluding hydrogens is 418 g/mol. The van der Waals surface area contributed by atoms with E-state index in [9.17, 15) is 9.59 Å². The van der Waals surface area contributed by atoms with E-state index in [1.54, 1.807) is 6.92 Å². The number of hydrogen-bond acceptors (Lipinski definition) is 7. The molecule has 158 valence electrons. The Morgan fingerprint density at radius 2 is 2.10 bits per heavy atom. The summed E-state index contributed by atoms with van der Waals surface area (Å²) in [5.41, 5.74) is 10.2. The first kappa shape index (κ1) is 20.8. The highest BCUT2D eigenvalue weighted by atomic mass is 32.1. The second-order valence-electron chi connectivity index (χ2n) is 7.84. The van der Waals surface area contributed by atoms with Gasteiger partial charge < -0.3 is 15.8 Å². The normalized spacial score (nSPS) is 15.8. The predicted octanol–water partition coefficient (Wildman–Crippen LogP) is 5.11. The number of nitrogen functional groups attached to an aromatic ring is 1.